The molecule has 2 aromatic rings. The third-order valence-corrected chi connectivity index (χ3v) is 4.69. The Hall–Kier alpha value is -2.47. The fraction of sp³-hybridized carbons (Fsp3) is 0.389. The minimum absolute atomic E-state index is 0.00512. The van der Waals surface area contributed by atoms with E-state index in [1.165, 1.54) is 11.1 Å². The van der Waals surface area contributed by atoms with Crippen LogP contribution >= 0.6 is 0 Å². The molecule has 1 amide bonds. The van der Waals surface area contributed by atoms with Gasteiger partial charge in [-0.15, -0.1) is 0 Å². The largest absolute Gasteiger partial charge is 0.348 e. The van der Waals surface area contributed by atoms with Gasteiger partial charge in [-0.1, -0.05) is 6.07 Å². The summed E-state index contributed by atoms with van der Waals surface area (Å²) in [7, 11) is 0. The Labute approximate surface area is 141 Å². The molecule has 6 heteroatoms. The topological polar surface area (TPSA) is 70.2 Å². The summed E-state index contributed by atoms with van der Waals surface area (Å²) < 4.78 is 0. The third-order valence-electron chi connectivity index (χ3n) is 4.69. The first-order valence-corrected chi connectivity index (χ1v) is 8.45. The van der Waals surface area contributed by atoms with Crippen LogP contribution < -0.4 is 15.5 Å². The van der Waals surface area contributed by atoms with Crippen LogP contribution in [-0.4, -0.2) is 35.0 Å². The molecule has 2 N–H and O–H groups in total. The lowest BCUT2D eigenvalue weighted by atomic mass is 10.0. The maximum atomic E-state index is 12.6. The molecule has 124 valence electrons. The fourth-order valence-electron chi connectivity index (χ4n) is 3.44. The number of benzene rings is 1. The molecule has 24 heavy (non-hydrogen) atoms. The van der Waals surface area contributed by atoms with Crippen LogP contribution in [0.4, 0.5) is 5.95 Å². The lowest BCUT2D eigenvalue weighted by molar-refractivity contribution is 0.0933. The summed E-state index contributed by atoms with van der Waals surface area (Å²) in [5.74, 6) is 0.741. The molecule has 2 aliphatic heterocycles. The molecule has 0 spiro atoms. The van der Waals surface area contributed by atoms with Gasteiger partial charge in [-0.25, -0.2) is 9.97 Å². The molecule has 0 radical (unpaired) electrons. The van der Waals surface area contributed by atoms with E-state index >= 15 is 0 Å². The molecule has 0 aliphatic carbocycles. The number of amides is 1. The summed E-state index contributed by atoms with van der Waals surface area (Å²) in [4.78, 5) is 23.3. The first kappa shape index (κ1) is 15.1. The Balaban J connectivity index is 1.42. The number of rotatable bonds is 3. The van der Waals surface area contributed by atoms with Crippen LogP contribution in [0.3, 0.4) is 0 Å². The van der Waals surface area contributed by atoms with Crippen LogP contribution in [0.5, 0.6) is 0 Å². The molecular formula is C18H21N5O. The minimum Gasteiger partial charge on any atom is -0.348 e. The van der Waals surface area contributed by atoms with Crippen LogP contribution in [0.15, 0.2) is 36.7 Å². The highest BCUT2D eigenvalue weighted by molar-refractivity contribution is 5.94. The van der Waals surface area contributed by atoms with Gasteiger partial charge in [-0.05, 0) is 42.2 Å². The van der Waals surface area contributed by atoms with E-state index in [2.05, 4.69) is 31.6 Å². The number of fused-ring (bicyclic) bond motifs is 1. The van der Waals surface area contributed by atoms with Crippen molar-refractivity contribution in [2.24, 2.45) is 0 Å². The van der Waals surface area contributed by atoms with Crippen molar-refractivity contribution in [2.45, 2.75) is 32.0 Å². The summed E-state index contributed by atoms with van der Waals surface area (Å²) in [6.07, 6.45) is 5.52. The average molecular weight is 323 g/mol. The van der Waals surface area contributed by atoms with Crippen LogP contribution in [0.1, 0.15) is 34.3 Å². The van der Waals surface area contributed by atoms with Gasteiger partial charge in [-0.3, -0.25) is 4.79 Å². The summed E-state index contributed by atoms with van der Waals surface area (Å²) >= 11 is 0. The number of aromatic nitrogens is 2. The van der Waals surface area contributed by atoms with Gasteiger partial charge in [0, 0.05) is 50.2 Å². The normalized spacial score (nSPS) is 19.8. The zero-order chi connectivity index (χ0) is 16.4. The monoisotopic (exact) mass is 323 g/mol. The lowest BCUT2D eigenvalue weighted by Gasteiger charge is -2.33. The first-order chi connectivity index (χ1) is 11.8. The highest BCUT2D eigenvalue weighted by atomic mass is 16.1. The number of hydrogen-bond acceptors (Lipinski definition) is 5. The molecule has 1 saturated heterocycles. The van der Waals surface area contributed by atoms with Gasteiger partial charge >= 0.3 is 0 Å². The number of anilines is 1. The van der Waals surface area contributed by atoms with Crippen LogP contribution in [-0.2, 0) is 13.1 Å². The van der Waals surface area contributed by atoms with Gasteiger partial charge in [0.2, 0.25) is 5.95 Å². The molecule has 2 aliphatic rings. The summed E-state index contributed by atoms with van der Waals surface area (Å²) in [6.45, 7) is 3.42. The smallest absolute Gasteiger partial charge is 0.251 e. The zero-order valence-corrected chi connectivity index (χ0v) is 13.5. The summed E-state index contributed by atoms with van der Waals surface area (Å²) in [5, 5.41) is 6.48. The quantitative estimate of drug-likeness (QED) is 0.895. The number of nitrogens with zero attached hydrogens (tertiary/aromatic N) is 3. The van der Waals surface area contributed by atoms with Crippen molar-refractivity contribution in [3.05, 3.63) is 53.3 Å². The van der Waals surface area contributed by atoms with Gasteiger partial charge in [0.25, 0.3) is 5.91 Å². The summed E-state index contributed by atoms with van der Waals surface area (Å²) in [5.41, 5.74) is 3.26. The minimum atomic E-state index is 0.00512. The van der Waals surface area contributed by atoms with Gasteiger partial charge in [0.1, 0.15) is 0 Å². The Morgan fingerprint density at radius 3 is 2.92 bits per heavy atom. The van der Waals surface area contributed by atoms with Crippen molar-refractivity contribution >= 4 is 11.9 Å². The van der Waals surface area contributed by atoms with E-state index in [4.69, 9.17) is 0 Å². The average Bonchev–Trinajstić information content (AvgIpc) is 3.10. The third kappa shape index (κ3) is 3.10. The van der Waals surface area contributed by atoms with E-state index in [0.717, 1.165) is 50.5 Å². The zero-order valence-electron chi connectivity index (χ0n) is 13.5. The van der Waals surface area contributed by atoms with Gasteiger partial charge < -0.3 is 15.5 Å². The van der Waals surface area contributed by atoms with E-state index in [1.807, 2.05) is 18.2 Å². The van der Waals surface area contributed by atoms with Crippen LogP contribution in [0.25, 0.3) is 0 Å². The Kier molecular flexibility index (Phi) is 4.13. The van der Waals surface area contributed by atoms with Gasteiger partial charge in [0.05, 0.1) is 0 Å². The molecule has 0 bridgehead atoms. The number of piperidine rings is 1. The van der Waals surface area contributed by atoms with Crippen molar-refractivity contribution in [3.63, 3.8) is 0 Å². The van der Waals surface area contributed by atoms with Crippen LogP contribution in [0.2, 0.25) is 0 Å². The van der Waals surface area contributed by atoms with Crippen LogP contribution in [0, 0.1) is 0 Å². The molecule has 1 aromatic carbocycles. The highest BCUT2D eigenvalue weighted by Crippen LogP contribution is 2.18. The molecule has 1 unspecified atom stereocenters. The molecule has 1 atom stereocenters. The Morgan fingerprint density at radius 2 is 2.04 bits per heavy atom. The summed E-state index contributed by atoms with van der Waals surface area (Å²) in [6, 6.07) is 7.92. The van der Waals surface area contributed by atoms with Crippen molar-refractivity contribution in [3.8, 4) is 0 Å². The molecule has 0 saturated carbocycles. The maximum Gasteiger partial charge on any atom is 0.251 e. The molecular weight excluding hydrogens is 302 g/mol. The molecule has 1 aromatic heterocycles. The van der Waals surface area contributed by atoms with E-state index < -0.39 is 0 Å². The van der Waals surface area contributed by atoms with Gasteiger partial charge in [0.15, 0.2) is 0 Å². The molecule has 1 fully saturated rings. The van der Waals surface area contributed by atoms with Crippen molar-refractivity contribution in [1.29, 1.82) is 0 Å². The highest BCUT2D eigenvalue weighted by Gasteiger charge is 2.23. The molecule has 3 heterocycles. The van der Waals surface area contributed by atoms with E-state index in [1.54, 1.807) is 12.4 Å². The molecule has 6 nitrogen and oxygen atoms in total. The van der Waals surface area contributed by atoms with Crippen molar-refractivity contribution in [1.82, 2.24) is 20.6 Å². The van der Waals surface area contributed by atoms with Gasteiger partial charge in [-0.2, -0.15) is 0 Å². The number of carbonyl (C=O) groups excluding carboxylic acids is 1. The fourth-order valence-corrected chi connectivity index (χ4v) is 3.44. The number of hydrogen-bond donors (Lipinski definition) is 2. The Morgan fingerprint density at radius 1 is 1.21 bits per heavy atom. The predicted octanol–water partition coefficient (Wildman–Crippen LogP) is 1.48. The first-order valence-electron chi connectivity index (χ1n) is 8.45. The van der Waals surface area contributed by atoms with E-state index in [0.29, 0.717) is 0 Å². The maximum absolute atomic E-state index is 12.6. The second-order valence-corrected chi connectivity index (χ2v) is 6.39. The second kappa shape index (κ2) is 6.57. The SMILES string of the molecule is O=C(NC1CCCN(c2ncccn2)C1)c1ccc2c(c1)CNC2. The van der Waals surface area contributed by atoms with Crippen molar-refractivity contribution in [2.75, 3.05) is 18.0 Å². The van der Waals surface area contributed by atoms with E-state index in [9.17, 15) is 4.79 Å². The standard InChI is InChI=1S/C18H21N5O/c24-17(13-4-5-14-10-19-11-15(14)9-13)22-16-3-1-8-23(12-16)18-20-6-2-7-21-18/h2,4-7,9,16,19H,1,3,8,10-12H2,(H,22,24). The lowest BCUT2D eigenvalue weighted by Crippen LogP contribution is -2.48. The Bertz CT molecular complexity index is 733. The number of nitrogens with one attached hydrogen (secondary N) is 2. The number of carbonyl (C=O) groups is 1. The molecule has 4 rings (SSSR count). The van der Waals surface area contributed by atoms with Crippen molar-refractivity contribution < 1.29 is 4.79 Å². The predicted molar refractivity (Wildman–Crippen MR) is 91.7 cm³/mol. The van der Waals surface area contributed by atoms with E-state index in [-0.39, 0.29) is 11.9 Å². The second-order valence-electron chi connectivity index (χ2n) is 6.39.